The molecule has 3 N–H and O–H groups in total. The van der Waals surface area contributed by atoms with E-state index in [1.807, 2.05) is 74.5 Å². The van der Waals surface area contributed by atoms with Crippen molar-refractivity contribution in [3.8, 4) is 5.75 Å². The van der Waals surface area contributed by atoms with Gasteiger partial charge in [-0.05, 0) is 48.1 Å². The van der Waals surface area contributed by atoms with Gasteiger partial charge in [0.1, 0.15) is 24.4 Å². The summed E-state index contributed by atoms with van der Waals surface area (Å²) in [6.45, 7) is 4.05. The average molecular weight is 548 g/mol. The van der Waals surface area contributed by atoms with Crippen molar-refractivity contribution in [1.82, 2.24) is 16.0 Å². The number of halogens is 1. The number of hydrogen-bond acceptors (Lipinski definition) is 4. The highest BCUT2D eigenvalue weighted by molar-refractivity contribution is 6.31. The van der Waals surface area contributed by atoms with E-state index in [4.69, 9.17) is 16.3 Å². The monoisotopic (exact) mass is 547 g/mol. The van der Waals surface area contributed by atoms with Crippen molar-refractivity contribution in [1.29, 1.82) is 0 Å². The van der Waals surface area contributed by atoms with Crippen molar-refractivity contribution >= 4 is 29.3 Å². The molecule has 1 heterocycles. The second-order valence-corrected chi connectivity index (χ2v) is 10.7. The van der Waals surface area contributed by atoms with Crippen LogP contribution in [-0.2, 0) is 22.4 Å². The van der Waals surface area contributed by atoms with Gasteiger partial charge in [-0.15, -0.1) is 0 Å². The summed E-state index contributed by atoms with van der Waals surface area (Å²) >= 11 is 6.22. The Labute approximate surface area is 234 Å². The van der Waals surface area contributed by atoms with Crippen molar-refractivity contribution < 1.29 is 19.1 Å². The third-order valence-corrected chi connectivity index (χ3v) is 6.78. The van der Waals surface area contributed by atoms with Gasteiger partial charge in [0.25, 0.3) is 5.91 Å². The molecule has 1 aliphatic rings. The van der Waals surface area contributed by atoms with Crippen LogP contribution in [0.1, 0.15) is 41.8 Å². The zero-order valence-electron chi connectivity index (χ0n) is 22.2. The van der Waals surface area contributed by atoms with E-state index in [1.165, 1.54) is 6.07 Å². The van der Waals surface area contributed by atoms with Gasteiger partial charge >= 0.3 is 0 Å². The summed E-state index contributed by atoms with van der Waals surface area (Å²) in [4.78, 5) is 40.6. The maximum atomic E-state index is 13.7. The number of fused-ring (bicyclic) bond motifs is 1. The summed E-state index contributed by atoms with van der Waals surface area (Å²) in [6.07, 6.45) is 1.20. The van der Waals surface area contributed by atoms with Crippen LogP contribution >= 0.6 is 11.6 Å². The third-order valence-electron chi connectivity index (χ3n) is 6.54. The fraction of sp³-hybridized carbons (Fsp3) is 0.323. The average Bonchev–Trinajstić information content (AvgIpc) is 2.92. The summed E-state index contributed by atoms with van der Waals surface area (Å²) < 4.78 is 6.12. The Morgan fingerprint density at radius 1 is 0.795 bits per heavy atom. The molecule has 0 fully saturated rings. The molecule has 39 heavy (non-hydrogen) atoms. The fourth-order valence-electron chi connectivity index (χ4n) is 4.62. The number of ether oxygens (including phenoxy) is 1. The number of carbonyl (C=O) groups is 3. The second kappa shape index (κ2) is 13.3. The Kier molecular flexibility index (Phi) is 9.60. The van der Waals surface area contributed by atoms with Crippen LogP contribution in [-0.4, -0.2) is 42.5 Å². The maximum Gasteiger partial charge on any atom is 0.255 e. The van der Waals surface area contributed by atoms with Crippen molar-refractivity contribution in [3.63, 3.8) is 0 Å². The van der Waals surface area contributed by atoms with E-state index in [-0.39, 0.29) is 24.0 Å². The minimum atomic E-state index is -0.851. The van der Waals surface area contributed by atoms with Crippen LogP contribution in [0.25, 0.3) is 0 Å². The van der Waals surface area contributed by atoms with Crippen molar-refractivity contribution in [3.05, 3.63) is 101 Å². The van der Waals surface area contributed by atoms with Crippen LogP contribution in [0.4, 0.5) is 0 Å². The van der Waals surface area contributed by atoms with E-state index in [0.717, 1.165) is 11.1 Å². The lowest BCUT2D eigenvalue weighted by Gasteiger charge is -2.25. The fourth-order valence-corrected chi connectivity index (χ4v) is 4.79. The number of benzene rings is 3. The van der Waals surface area contributed by atoms with E-state index in [2.05, 4.69) is 16.0 Å². The van der Waals surface area contributed by atoms with Gasteiger partial charge in [-0.2, -0.15) is 0 Å². The minimum Gasteiger partial charge on any atom is -0.491 e. The van der Waals surface area contributed by atoms with Crippen LogP contribution in [0.3, 0.4) is 0 Å². The minimum absolute atomic E-state index is 0.114. The first-order valence-corrected chi connectivity index (χ1v) is 13.6. The molecular weight excluding hydrogens is 514 g/mol. The first-order chi connectivity index (χ1) is 18.8. The number of hydrogen-bond donors (Lipinski definition) is 3. The van der Waals surface area contributed by atoms with Crippen molar-refractivity contribution in [2.45, 2.75) is 51.2 Å². The SMILES string of the molecule is CC(C)C[C@@H]1NC(=O)c2cc(Cl)ccc2OC[C@@H](Cc2ccccc2)NC(=O)[C@H](Cc2ccccc2)NC1=O. The molecule has 8 heteroatoms. The predicted octanol–water partition coefficient (Wildman–Crippen LogP) is 4.33. The second-order valence-electron chi connectivity index (χ2n) is 10.3. The Morgan fingerprint density at radius 2 is 1.41 bits per heavy atom. The summed E-state index contributed by atoms with van der Waals surface area (Å²) in [5, 5.41) is 9.23. The molecule has 204 valence electrons. The zero-order chi connectivity index (χ0) is 27.8. The summed E-state index contributed by atoms with van der Waals surface area (Å²) in [5.41, 5.74) is 2.16. The quantitative estimate of drug-likeness (QED) is 0.428. The molecule has 0 saturated heterocycles. The summed E-state index contributed by atoms with van der Waals surface area (Å²) in [5.74, 6) is -0.763. The number of amides is 3. The molecule has 3 atom stereocenters. The number of carbonyl (C=O) groups excluding carboxylic acids is 3. The molecule has 1 aliphatic heterocycles. The molecule has 7 nitrogen and oxygen atoms in total. The largest absolute Gasteiger partial charge is 0.491 e. The van der Waals surface area contributed by atoms with Crippen LogP contribution in [0.15, 0.2) is 78.9 Å². The van der Waals surface area contributed by atoms with Gasteiger partial charge in [0.05, 0.1) is 11.6 Å². The molecule has 0 saturated carbocycles. The Balaban J connectivity index is 1.70. The predicted molar refractivity (Wildman–Crippen MR) is 152 cm³/mol. The van der Waals surface area contributed by atoms with Crippen LogP contribution in [0.5, 0.6) is 5.75 Å². The summed E-state index contributed by atoms with van der Waals surface area (Å²) in [7, 11) is 0. The van der Waals surface area contributed by atoms with E-state index in [1.54, 1.807) is 12.1 Å². The molecule has 4 rings (SSSR count). The molecule has 0 unspecified atom stereocenters. The summed E-state index contributed by atoms with van der Waals surface area (Å²) in [6, 6.07) is 22.0. The normalized spacial score (nSPS) is 20.3. The first-order valence-electron chi connectivity index (χ1n) is 13.2. The molecule has 0 spiro atoms. The van der Waals surface area contributed by atoms with E-state index in [9.17, 15) is 14.4 Å². The molecule has 0 bridgehead atoms. The molecule has 0 aliphatic carbocycles. The lowest BCUT2D eigenvalue weighted by molar-refractivity contribution is -0.130. The Morgan fingerprint density at radius 3 is 2.05 bits per heavy atom. The van der Waals surface area contributed by atoms with Gasteiger partial charge < -0.3 is 20.7 Å². The number of rotatable bonds is 6. The third kappa shape index (κ3) is 8.07. The van der Waals surface area contributed by atoms with Crippen molar-refractivity contribution in [2.75, 3.05) is 6.61 Å². The van der Waals surface area contributed by atoms with Crippen LogP contribution in [0, 0.1) is 5.92 Å². The molecule has 3 aromatic carbocycles. The molecule has 0 radical (unpaired) electrons. The van der Waals surface area contributed by atoms with E-state index >= 15 is 0 Å². The van der Waals surface area contributed by atoms with Gasteiger partial charge in [0.15, 0.2) is 0 Å². The molecular formula is C31H34ClN3O4. The van der Waals surface area contributed by atoms with Crippen LogP contribution < -0.4 is 20.7 Å². The Hall–Kier alpha value is -3.84. The number of nitrogens with one attached hydrogen (secondary N) is 3. The van der Waals surface area contributed by atoms with Gasteiger partial charge in [0, 0.05) is 11.4 Å². The van der Waals surface area contributed by atoms with Crippen LogP contribution in [0.2, 0.25) is 5.02 Å². The highest BCUT2D eigenvalue weighted by Gasteiger charge is 2.30. The topological polar surface area (TPSA) is 96.5 Å². The lowest BCUT2D eigenvalue weighted by Crippen LogP contribution is -2.56. The van der Waals surface area contributed by atoms with Gasteiger partial charge in [0.2, 0.25) is 11.8 Å². The maximum absolute atomic E-state index is 13.7. The highest BCUT2D eigenvalue weighted by Crippen LogP contribution is 2.24. The molecule has 3 aromatic rings. The van der Waals surface area contributed by atoms with Crippen molar-refractivity contribution in [2.24, 2.45) is 5.92 Å². The van der Waals surface area contributed by atoms with Gasteiger partial charge in [-0.1, -0.05) is 86.1 Å². The van der Waals surface area contributed by atoms with E-state index in [0.29, 0.717) is 30.0 Å². The molecule has 3 amide bonds. The first kappa shape index (κ1) is 28.2. The Bertz CT molecular complexity index is 1280. The molecule has 0 aromatic heterocycles. The standard InChI is InChI=1S/C31H34ClN3O4/c1-20(2)15-26-31(38)35-27(17-22-11-7-4-8-12-22)30(37)33-24(16-21-9-5-3-6-10-21)19-39-28-14-13-23(32)18-25(28)29(36)34-26/h3-14,18,20,24,26-27H,15-17,19H2,1-2H3,(H,33,37)(H,34,36)(H,35,38)/t24-,26+,27+/m1/s1. The lowest BCUT2D eigenvalue weighted by atomic mass is 10.00. The zero-order valence-corrected chi connectivity index (χ0v) is 22.9. The smallest absolute Gasteiger partial charge is 0.255 e. The van der Waals surface area contributed by atoms with E-state index < -0.39 is 29.9 Å². The highest BCUT2D eigenvalue weighted by atomic mass is 35.5. The van der Waals surface area contributed by atoms with Gasteiger partial charge in [-0.25, -0.2) is 0 Å². The van der Waals surface area contributed by atoms with Gasteiger partial charge in [-0.3, -0.25) is 14.4 Å².